The predicted octanol–water partition coefficient (Wildman–Crippen LogP) is 7.85. The van der Waals surface area contributed by atoms with Crippen LogP contribution in [-0.4, -0.2) is 74.9 Å². The van der Waals surface area contributed by atoms with E-state index in [0.29, 0.717) is 33.9 Å². The van der Waals surface area contributed by atoms with Gasteiger partial charge in [-0.3, -0.25) is 16.0 Å². The molecular formula is C42H41N3O10. The van der Waals surface area contributed by atoms with Gasteiger partial charge in [0.05, 0.1) is 30.8 Å². The highest BCUT2D eigenvalue weighted by Gasteiger charge is 2.53. The fraction of sp³-hybridized carbons (Fsp3) is 0.214. The minimum absolute atomic E-state index is 0.332. The third-order valence-electron chi connectivity index (χ3n) is 8.91. The van der Waals surface area contributed by atoms with E-state index in [0.717, 1.165) is 16.7 Å². The maximum Gasteiger partial charge on any atom is 0.412 e. The van der Waals surface area contributed by atoms with Crippen LogP contribution in [0.15, 0.2) is 127 Å². The van der Waals surface area contributed by atoms with Crippen LogP contribution in [0.4, 0.5) is 31.4 Å². The van der Waals surface area contributed by atoms with Crippen LogP contribution in [0.5, 0.6) is 5.75 Å². The number of methoxy groups -OCH3 is 2. The summed E-state index contributed by atoms with van der Waals surface area (Å²) in [6, 6.07) is 38.3. The van der Waals surface area contributed by atoms with Gasteiger partial charge in [-0.15, -0.1) is 0 Å². The van der Waals surface area contributed by atoms with Gasteiger partial charge in [0.1, 0.15) is 11.9 Å². The highest BCUT2D eigenvalue weighted by molar-refractivity contribution is 5.93. The molecule has 1 heterocycles. The number of ether oxygens (including phenoxy) is 6. The Kier molecular flexibility index (Phi) is 12.6. The number of hydrogen-bond donors (Lipinski definition) is 4. The van der Waals surface area contributed by atoms with Gasteiger partial charge in [-0.1, -0.05) is 109 Å². The summed E-state index contributed by atoms with van der Waals surface area (Å²) in [5.41, 5.74) is 4.97. The molecule has 4 N–H and O–H groups in total. The Labute approximate surface area is 318 Å². The van der Waals surface area contributed by atoms with E-state index < -0.39 is 55.6 Å². The second kappa shape index (κ2) is 18.1. The van der Waals surface area contributed by atoms with Crippen molar-refractivity contribution < 1.29 is 47.9 Å². The van der Waals surface area contributed by atoms with Gasteiger partial charge in [0.2, 0.25) is 0 Å². The number of anilines is 3. The highest BCUT2D eigenvalue weighted by Crippen LogP contribution is 2.34. The maximum absolute atomic E-state index is 13.8. The van der Waals surface area contributed by atoms with Gasteiger partial charge in [-0.05, 0) is 41.8 Å². The van der Waals surface area contributed by atoms with Crippen molar-refractivity contribution in [2.75, 3.05) is 36.8 Å². The van der Waals surface area contributed by atoms with E-state index in [1.54, 1.807) is 49.4 Å². The zero-order valence-corrected chi connectivity index (χ0v) is 30.3. The molecule has 1 saturated heterocycles. The van der Waals surface area contributed by atoms with E-state index in [1.807, 2.05) is 84.9 Å². The number of aliphatic hydroxyl groups is 1. The van der Waals surface area contributed by atoms with Gasteiger partial charge in [0.15, 0.2) is 24.6 Å². The molecule has 0 aromatic heterocycles. The van der Waals surface area contributed by atoms with E-state index in [2.05, 4.69) is 16.0 Å². The molecule has 5 aromatic rings. The fourth-order valence-electron chi connectivity index (χ4n) is 6.29. The lowest BCUT2D eigenvalue weighted by Crippen LogP contribution is -2.63. The Morgan fingerprint density at radius 2 is 1.09 bits per heavy atom. The molecular weight excluding hydrogens is 706 g/mol. The Balaban J connectivity index is 1.31. The van der Waals surface area contributed by atoms with Crippen LogP contribution in [0.2, 0.25) is 0 Å². The van der Waals surface area contributed by atoms with Gasteiger partial charge in [-0.2, -0.15) is 0 Å². The minimum atomic E-state index is -1.57. The molecule has 0 unspecified atom stereocenters. The Bertz CT molecular complexity index is 2080. The maximum atomic E-state index is 13.8. The minimum Gasteiger partial charge on any atom is -0.495 e. The van der Waals surface area contributed by atoms with Crippen LogP contribution < -0.4 is 20.7 Å². The molecule has 0 spiro atoms. The van der Waals surface area contributed by atoms with E-state index in [4.69, 9.17) is 28.4 Å². The molecule has 1 aliphatic heterocycles. The molecule has 0 saturated carbocycles. The van der Waals surface area contributed by atoms with Crippen molar-refractivity contribution in [1.82, 2.24) is 0 Å². The largest absolute Gasteiger partial charge is 0.495 e. The summed E-state index contributed by atoms with van der Waals surface area (Å²) in [4.78, 5) is 41.1. The van der Waals surface area contributed by atoms with Gasteiger partial charge < -0.3 is 33.5 Å². The molecule has 5 atom stereocenters. The van der Waals surface area contributed by atoms with Crippen molar-refractivity contribution in [3.8, 4) is 28.0 Å². The Hall–Kier alpha value is -6.41. The number of carbonyl (C=O) groups is 3. The molecule has 1 aliphatic rings. The monoisotopic (exact) mass is 747 g/mol. The molecule has 284 valence electrons. The second-order valence-electron chi connectivity index (χ2n) is 12.4. The SMILES string of the molecule is COc1cccc(C)c1NC(=O)O[C@H]1[C@H](OC(=O)Nc2ccccc2-c2ccccc2)[C@@H](OC(=O)Nc2ccccc2-c2ccccc2)[C@@H](OC)O[C@@H]1CO. The number of nitrogens with one attached hydrogen (secondary N) is 3. The predicted molar refractivity (Wildman–Crippen MR) is 206 cm³/mol. The van der Waals surface area contributed by atoms with Crippen LogP contribution in [0, 0.1) is 6.92 Å². The summed E-state index contributed by atoms with van der Waals surface area (Å²) in [6.45, 7) is 1.08. The van der Waals surface area contributed by atoms with Crippen molar-refractivity contribution in [2.45, 2.75) is 37.6 Å². The lowest BCUT2D eigenvalue weighted by molar-refractivity contribution is -0.290. The highest BCUT2D eigenvalue weighted by atomic mass is 16.7. The Morgan fingerprint density at radius 1 is 0.600 bits per heavy atom. The number of carbonyl (C=O) groups excluding carboxylic acids is 3. The number of benzene rings is 5. The number of aryl methyl sites for hydroxylation is 1. The smallest absolute Gasteiger partial charge is 0.412 e. The van der Waals surface area contributed by atoms with E-state index in [-0.39, 0.29) is 0 Å². The molecule has 3 amide bonds. The summed E-state index contributed by atoms with van der Waals surface area (Å²) in [5.74, 6) is 0.368. The average molecular weight is 748 g/mol. The van der Waals surface area contributed by atoms with Gasteiger partial charge in [-0.25, -0.2) is 14.4 Å². The number of hydrogen-bond acceptors (Lipinski definition) is 10. The summed E-state index contributed by atoms with van der Waals surface area (Å²) >= 11 is 0. The molecule has 1 fully saturated rings. The van der Waals surface area contributed by atoms with Crippen LogP contribution in [-0.2, 0) is 23.7 Å². The first-order valence-corrected chi connectivity index (χ1v) is 17.4. The van der Waals surface area contributed by atoms with Gasteiger partial charge in [0.25, 0.3) is 0 Å². The van der Waals surface area contributed by atoms with Crippen LogP contribution in [0.3, 0.4) is 0 Å². The van der Waals surface area contributed by atoms with Crippen molar-refractivity contribution in [3.63, 3.8) is 0 Å². The number of para-hydroxylation sites is 3. The van der Waals surface area contributed by atoms with Crippen LogP contribution in [0.1, 0.15) is 5.56 Å². The van der Waals surface area contributed by atoms with Gasteiger partial charge in [0, 0.05) is 18.2 Å². The normalized spacial score (nSPS) is 19.0. The average Bonchev–Trinajstić information content (AvgIpc) is 3.21. The number of aliphatic hydroxyl groups excluding tert-OH is 1. The molecule has 55 heavy (non-hydrogen) atoms. The zero-order chi connectivity index (χ0) is 38.7. The third-order valence-corrected chi connectivity index (χ3v) is 8.91. The summed E-state index contributed by atoms with van der Waals surface area (Å²) < 4.78 is 34.7. The van der Waals surface area contributed by atoms with Crippen LogP contribution in [0.25, 0.3) is 22.3 Å². The second-order valence-corrected chi connectivity index (χ2v) is 12.4. The van der Waals surface area contributed by atoms with Crippen LogP contribution >= 0.6 is 0 Å². The molecule has 0 aliphatic carbocycles. The third kappa shape index (κ3) is 9.22. The van der Waals surface area contributed by atoms with E-state index in [1.165, 1.54) is 14.2 Å². The number of amides is 3. The first kappa shape index (κ1) is 38.3. The number of rotatable bonds is 11. The molecule has 13 heteroatoms. The van der Waals surface area contributed by atoms with E-state index >= 15 is 0 Å². The lowest BCUT2D eigenvalue weighted by Gasteiger charge is -2.43. The van der Waals surface area contributed by atoms with Crippen molar-refractivity contribution >= 4 is 35.3 Å². The summed E-state index contributed by atoms with van der Waals surface area (Å²) in [7, 11) is 2.75. The molecule has 13 nitrogen and oxygen atoms in total. The fourth-order valence-corrected chi connectivity index (χ4v) is 6.29. The van der Waals surface area contributed by atoms with Crippen molar-refractivity contribution in [2.24, 2.45) is 0 Å². The summed E-state index contributed by atoms with van der Waals surface area (Å²) in [5, 5.41) is 18.7. The van der Waals surface area contributed by atoms with E-state index in [9.17, 15) is 19.5 Å². The molecule has 6 rings (SSSR count). The Morgan fingerprint density at radius 3 is 1.62 bits per heavy atom. The van der Waals surface area contributed by atoms with Crippen molar-refractivity contribution in [3.05, 3.63) is 133 Å². The van der Waals surface area contributed by atoms with Gasteiger partial charge >= 0.3 is 18.3 Å². The first-order chi connectivity index (χ1) is 26.8. The lowest BCUT2D eigenvalue weighted by atomic mass is 9.98. The molecule has 5 aromatic carbocycles. The quantitative estimate of drug-likeness (QED) is 0.0979. The first-order valence-electron chi connectivity index (χ1n) is 17.4. The molecule has 0 radical (unpaired) electrons. The molecule has 0 bridgehead atoms. The standard InChI is InChI=1S/C42H41N3O10/c1-26-15-14-24-33(50-2)35(26)45-42(49)53-36-34(25-46)52-39(51-3)38(55-41(48)44-32-23-13-11-21-30(32)28-18-8-5-9-19-28)37(36)54-40(47)43-31-22-12-10-20-29(31)27-16-6-4-7-17-27/h4-24,34,36-39,46H,25H2,1-3H3,(H,43,47)(H,44,48)(H,45,49)/t34-,36-,37+,38-,39+/m1/s1. The zero-order valence-electron chi connectivity index (χ0n) is 30.3. The summed E-state index contributed by atoms with van der Waals surface area (Å²) in [6.07, 6.45) is -10.2. The topological polar surface area (TPSA) is 163 Å². The van der Waals surface area contributed by atoms with Crippen molar-refractivity contribution in [1.29, 1.82) is 0 Å².